The maximum atomic E-state index is 13.1. The van der Waals surface area contributed by atoms with Gasteiger partial charge in [0.05, 0.1) is 14.2 Å². The number of imide groups is 1. The molecule has 4 amide bonds. The van der Waals surface area contributed by atoms with E-state index in [2.05, 4.69) is 5.32 Å². The van der Waals surface area contributed by atoms with Gasteiger partial charge in [-0.3, -0.25) is 14.5 Å². The average Bonchev–Trinajstić information content (AvgIpc) is 3.39. The van der Waals surface area contributed by atoms with E-state index in [1.54, 1.807) is 50.3 Å². The number of likely N-dealkylation sites (tertiary alicyclic amines) is 1. The summed E-state index contributed by atoms with van der Waals surface area (Å²) in [6.07, 6.45) is 0.835. The molecule has 2 saturated heterocycles. The van der Waals surface area contributed by atoms with E-state index >= 15 is 0 Å². The van der Waals surface area contributed by atoms with E-state index in [1.165, 1.54) is 0 Å². The van der Waals surface area contributed by atoms with Gasteiger partial charge >= 0.3 is 6.03 Å². The van der Waals surface area contributed by atoms with Crippen molar-refractivity contribution in [3.8, 4) is 11.5 Å². The molecule has 32 heavy (non-hydrogen) atoms. The number of ether oxygens (including phenoxy) is 2. The van der Waals surface area contributed by atoms with E-state index in [9.17, 15) is 14.4 Å². The summed E-state index contributed by atoms with van der Waals surface area (Å²) in [4.78, 5) is 41.3. The van der Waals surface area contributed by atoms with Crippen molar-refractivity contribution < 1.29 is 23.9 Å². The normalized spacial score (nSPS) is 22.8. The molecule has 0 spiro atoms. The number of benzene rings is 2. The average molecular weight is 437 g/mol. The minimum absolute atomic E-state index is 0.220. The summed E-state index contributed by atoms with van der Waals surface area (Å²) in [7, 11) is 3.19. The van der Waals surface area contributed by atoms with E-state index in [4.69, 9.17) is 9.47 Å². The van der Waals surface area contributed by atoms with Crippen molar-refractivity contribution in [2.75, 3.05) is 33.9 Å². The van der Waals surface area contributed by atoms with E-state index in [1.807, 2.05) is 24.3 Å². The van der Waals surface area contributed by atoms with Crippen molar-refractivity contribution in [2.24, 2.45) is 0 Å². The van der Waals surface area contributed by atoms with Crippen LogP contribution in [0.2, 0.25) is 0 Å². The Balaban J connectivity index is 1.41. The molecule has 2 atom stereocenters. The second kappa shape index (κ2) is 8.53. The van der Waals surface area contributed by atoms with E-state index < -0.39 is 17.5 Å². The number of nitrogens with one attached hydrogen (secondary N) is 1. The SMILES string of the molecule is COc1ccc(C2CCN(C(=O)CN3C(=O)NC(C)(c4ccc(OC)cc4)C3=O)C2)cc1. The van der Waals surface area contributed by atoms with E-state index in [0.29, 0.717) is 24.4 Å². The lowest BCUT2D eigenvalue weighted by Gasteiger charge is -2.23. The number of amides is 4. The molecule has 0 saturated carbocycles. The van der Waals surface area contributed by atoms with Crippen LogP contribution < -0.4 is 14.8 Å². The number of methoxy groups -OCH3 is 2. The molecule has 2 aliphatic heterocycles. The van der Waals surface area contributed by atoms with Crippen molar-refractivity contribution in [1.82, 2.24) is 15.1 Å². The van der Waals surface area contributed by atoms with Gasteiger partial charge in [-0.05, 0) is 48.7 Å². The molecule has 8 nitrogen and oxygen atoms in total. The number of urea groups is 1. The first-order valence-corrected chi connectivity index (χ1v) is 10.6. The molecular weight excluding hydrogens is 410 g/mol. The second-order valence-electron chi connectivity index (χ2n) is 8.27. The predicted octanol–water partition coefficient (Wildman–Crippen LogP) is 2.49. The van der Waals surface area contributed by atoms with Gasteiger partial charge in [-0.2, -0.15) is 0 Å². The first-order valence-electron chi connectivity index (χ1n) is 10.6. The Morgan fingerprint density at radius 3 is 2.22 bits per heavy atom. The highest BCUT2D eigenvalue weighted by Gasteiger charge is 2.49. The second-order valence-corrected chi connectivity index (χ2v) is 8.27. The zero-order valence-electron chi connectivity index (χ0n) is 18.5. The van der Waals surface area contributed by atoms with Crippen molar-refractivity contribution in [3.05, 3.63) is 59.7 Å². The monoisotopic (exact) mass is 437 g/mol. The minimum Gasteiger partial charge on any atom is -0.497 e. The first kappa shape index (κ1) is 21.7. The molecule has 4 rings (SSSR count). The molecule has 0 radical (unpaired) electrons. The molecular formula is C24H27N3O5. The molecule has 168 valence electrons. The third kappa shape index (κ3) is 3.88. The van der Waals surface area contributed by atoms with Gasteiger partial charge in [0.15, 0.2) is 0 Å². The van der Waals surface area contributed by atoms with Crippen LogP contribution in [0.5, 0.6) is 11.5 Å². The first-order chi connectivity index (χ1) is 15.4. The molecule has 8 heteroatoms. The maximum absolute atomic E-state index is 13.1. The van der Waals surface area contributed by atoms with Gasteiger partial charge in [0, 0.05) is 19.0 Å². The number of hydrogen-bond acceptors (Lipinski definition) is 5. The molecule has 2 fully saturated rings. The summed E-state index contributed by atoms with van der Waals surface area (Å²) in [6, 6.07) is 14.2. The van der Waals surface area contributed by atoms with Gasteiger partial charge < -0.3 is 19.7 Å². The van der Waals surface area contributed by atoms with Crippen molar-refractivity contribution in [1.29, 1.82) is 0 Å². The highest BCUT2D eigenvalue weighted by molar-refractivity contribution is 6.09. The summed E-state index contributed by atoms with van der Waals surface area (Å²) >= 11 is 0. The smallest absolute Gasteiger partial charge is 0.325 e. The van der Waals surface area contributed by atoms with Crippen LogP contribution in [-0.4, -0.2) is 61.5 Å². The van der Waals surface area contributed by atoms with Gasteiger partial charge in [-0.1, -0.05) is 24.3 Å². The molecule has 2 aromatic carbocycles. The van der Waals surface area contributed by atoms with Crippen LogP contribution >= 0.6 is 0 Å². The lowest BCUT2D eigenvalue weighted by Crippen LogP contribution is -2.44. The molecule has 2 unspecified atom stereocenters. The summed E-state index contributed by atoms with van der Waals surface area (Å²) in [5.41, 5.74) is 0.552. The van der Waals surface area contributed by atoms with Gasteiger partial charge in [0.2, 0.25) is 5.91 Å². The fourth-order valence-corrected chi connectivity index (χ4v) is 4.33. The predicted molar refractivity (Wildman–Crippen MR) is 118 cm³/mol. The van der Waals surface area contributed by atoms with Crippen LogP contribution in [0.15, 0.2) is 48.5 Å². The van der Waals surface area contributed by atoms with Crippen LogP contribution in [0.4, 0.5) is 4.79 Å². The number of nitrogens with zero attached hydrogens (tertiary/aromatic N) is 2. The molecule has 1 N–H and O–H groups in total. The van der Waals surface area contributed by atoms with Crippen LogP contribution in [0.3, 0.4) is 0 Å². The minimum atomic E-state index is -1.22. The molecule has 0 bridgehead atoms. The van der Waals surface area contributed by atoms with Gasteiger partial charge in [-0.25, -0.2) is 4.79 Å². The quantitative estimate of drug-likeness (QED) is 0.702. The van der Waals surface area contributed by atoms with Gasteiger partial charge in [0.1, 0.15) is 23.6 Å². The lowest BCUT2D eigenvalue weighted by molar-refractivity contribution is -0.138. The largest absolute Gasteiger partial charge is 0.497 e. The molecule has 0 aliphatic carbocycles. The Morgan fingerprint density at radius 2 is 1.62 bits per heavy atom. The molecule has 2 aliphatic rings. The highest BCUT2D eigenvalue weighted by Crippen LogP contribution is 2.31. The Labute approximate surface area is 187 Å². The summed E-state index contributed by atoms with van der Waals surface area (Å²) < 4.78 is 10.4. The van der Waals surface area contributed by atoms with Gasteiger partial charge in [-0.15, -0.1) is 0 Å². The number of hydrogen-bond donors (Lipinski definition) is 1. The number of rotatable bonds is 6. The van der Waals surface area contributed by atoms with Crippen LogP contribution in [-0.2, 0) is 15.1 Å². The topological polar surface area (TPSA) is 88.2 Å². The summed E-state index contributed by atoms with van der Waals surface area (Å²) in [5.74, 6) is 0.993. The number of carbonyl (C=O) groups excluding carboxylic acids is 3. The van der Waals surface area contributed by atoms with Gasteiger partial charge in [0.25, 0.3) is 5.91 Å². The van der Waals surface area contributed by atoms with E-state index in [0.717, 1.165) is 22.6 Å². The van der Waals surface area contributed by atoms with Crippen molar-refractivity contribution in [3.63, 3.8) is 0 Å². The summed E-state index contributed by atoms with van der Waals surface area (Å²) in [5, 5.41) is 2.74. The Kier molecular flexibility index (Phi) is 5.78. The van der Waals surface area contributed by atoms with Crippen molar-refractivity contribution >= 4 is 17.8 Å². The maximum Gasteiger partial charge on any atom is 0.325 e. The third-order valence-corrected chi connectivity index (χ3v) is 6.36. The van der Waals surface area contributed by atoms with Crippen LogP contribution in [0.1, 0.15) is 30.4 Å². The van der Waals surface area contributed by atoms with Crippen molar-refractivity contribution in [2.45, 2.75) is 24.8 Å². The fraction of sp³-hybridized carbons (Fsp3) is 0.375. The standard InChI is InChI=1S/C24H27N3O5/c1-24(18-6-10-20(32-3)11-7-18)22(29)27(23(30)25-24)15-21(28)26-13-12-17(14-26)16-4-8-19(31-2)9-5-16/h4-11,17H,12-15H2,1-3H3,(H,25,30). The lowest BCUT2D eigenvalue weighted by atomic mass is 9.92. The Bertz CT molecular complexity index is 1020. The Morgan fingerprint density at radius 1 is 1.03 bits per heavy atom. The Hall–Kier alpha value is -3.55. The molecule has 2 aromatic rings. The highest BCUT2D eigenvalue weighted by atomic mass is 16.5. The molecule has 2 heterocycles. The zero-order chi connectivity index (χ0) is 22.9. The number of carbonyl (C=O) groups is 3. The van der Waals surface area contributed by atoms with Crippen LogP contribution in [0, 0.1) is 0 Å². The summed E-state index contributed by atoms with van der Waals surface area (Å²) in [6.45, 7) is 2.53. The zero-order valence-corrected chi connectivity index (χ0v) is 18.5. The van der Waals surface area contributed by atoms with E-state index in [-0.39, 0.29) is 18.4 Å². The fourth-order valence-electron chi connectivity index (χ4n) is 4.33. The third-order valence-electron chi connectivity index (χ3n) is 6.36. The van der Waals surface area contributed by atoms with Crippen LogP contribution in [0.25, 0.3) is 0 Å². The molecule has 0 aromatic heterocycles.